The molecule has 1 aliphatic carbocycles. The lowest BCUT2D eigenvalue weighted by molar-refractivity contribution is 0.143. The van der Waals surface area contributed by atoms with Crippen molar-refractivity contribution in [1.29, 1.82) is 0 Å². The highest BCUT2D eigenvalue weighted by Crippen LogP contribution is 2.44. The van der Waals surface area contributed by atoms with E-state index in [4.69, 9.17) is 5.73 Å². The van der Waals surface area contributed by atoms with Crippen LogP contribution >= 0.6 is 0 Å². The van der Waals surface area contributed by atoms with Gasteiger partial charge in [0.25, 0.3) is 0 Å². The summed E-state index contributed by atoms with van der Waals surface area (Å²) in [6.07, 6.45) is 7.92. The van der Waals surface area contributed by atoms with Crippen LogP contribution in [0.15, 0.2) is 85.8 Å². The van der Waals surface area contributed by atoms with Crippen molar-refractivity contribution in [1.82, 2.24) is 4.90 Å². The molecule has 3 heteroatoms. The van der Waals surface area contributed by atoms with Gasteiger partial charge in [0.1, 0.15) is 6.17 Å². The molecule has 1 saturated carbocycles. The summed E-state index contributed by atoms with van der Waals surface area (Å²) in [6, 6.07) is 8.40. The Hall–Kier alpha value is -2.65. The molecule has 2 nitrogen and oxygen atoms in total. The highest BCUT2D eigenvalue weighted by molar-refractivity contribution is 5.80. The van der Waals surface area contributed by atoms with E-state index in [9.17, 15) is 4.39 Å². The van der Waals surface area contributed by atoms with E-state index in [0.717, 1.165) is 52.1 Å². The Balaban J connectivity index is 2.19. The van der Waals surface area contributed by atoms with Gasteiger partial charge in [-0.05, 0) is 67.4 Å². The normalized spacial score (nSPS) is 21.7. The van der Waals surface area contributed by atoms with Crippen LogP contribution in [0.3, 0.4) is 0 Å². The van der Waals surface area contributed by atoms with Crippen LogP contribution in [-0.2, 0) is 0 Å². The van der Waals surface area contributed by atoms with Gasteiger partial charge in [-0.15, -0.1) is 0 Å². The highest BCUT2D eigenvalue weighted by atomic mass is 19.1. The average molecular weight is 435 g/mol. The van der Waals surface area contributed by atoms with E-state index in [2.05, 4.69) is 68.5 Å². The molecule has 0 saturated heterocycles. The van der Waals surface area contributed by atoms with Gasteiger partial charge >= 0.3 is 0 Å². The Morgan fingerprint density at radius 3 is 2.19 bits per heavy atom. The molecule has 2 rings (SSSR count). The highest BCUT2D eigenvalue weighted by Gasteiger charge is 2.36. The summed E-state index contributed by atoms with van der Waals surface area (Å²) >= 11 is 0. The lowest BCUT2D eigenvalue weighted by atomic mass is 9.72. The number of benzene rings is 1. The Kier molecular flexibility index (Phi) is 9.03. The van der Waals surface area contributed by atoms with Gasteiger partial charge in [0.15, 0.2) is 0 Å². The third kappa shape index (κ3) is 5.98. The molecule has 0 atom stereocenters. The Bertz CT molecular complexity index is 909. The number of rotatable bonds is 10. The predicted octanol–water partition coefficient (Wildman–Crippen LogP) is 7.44. The Morgan fingerprint density at radius 2 is 1.72 bits per heavy atom. The summed E-state index contributed by atoms with van der Waals surface area (Å²) in [4.78, 5) is 2.14. The fourth-order valence-electron chi connectivity index (χ4n) is 4.41. The molecule has 1 aromatic carbocycles. The fourth-order valence-corrected chi connectivity index (χ4v) is 4.41. The largest absolute Gasteiger partial charge is 0.345 e. The van der Waals surface area contributed by atoms with E-state index in [-0.39, 0.29) is 5.41 Å². The van der Waals surface area contributed by atoms with Gasteiger partial charge in [-0.3, -0.25) is 0 Å². The zero-order valence-corrected chi connectivity index (χ0v) is 20.1. The number of nitrogens with zero attached hydrogens (tertiary/aromatic N) is 1. The van der Waals surface area contributed by atoms with E-state index >= 15 is 0 Å². The molecule has 0 radical (unpaired) electrons. The first-order valence-corrected chi connectivity index (χ1v) is 11.4. The second-order valence-corrected chi connectivity index (χ2v) is 9.02. The molecule has 172 valence electrons. The SMILES string of the molecule is C=C/C=C(CN)\C(=C/C)c1ccc(C(=C)CN(C(=C)C)C(=C)C2(C)CCC(F)CC2)cc1. The molecule has 0 heterocycles. The number of nitrogens with two attached hydrogens (primary N) is 1. The number of hydrogen-bond acceptors (Lipinski definition) is 2. The van der Waals surface area contributed by atoms with E-state index in [1.165, 1.54) is 0 Å². The summed E-state index contributed by atoms with van der Waals surface area (Å²) < 4.78 is 13.7. The van der Waals surface area contributed by atoms with Gasteiger partial charge in [0, 0.05) is 29.9 Å². The van der Waals surface area contributed by atoms with Crippen LogP contribution in [-0.4, -0.2) is 24.2 Å². The van der Waals surface area contributed by atoms with Gasteiger partial charge < -0.3 is 10.6 Å². The van der Waals surface area contributed by atoms with Crippen LogP contribution in [0.2, 0.25) is 0 Å². The summed E-state index contributed by atoms with van der Waals surface area (Å²) in [5, 5.41) is 0. The lowest BCUT2D eigenvalue weighted by Gasteiger charge is -2.42. The maximum atomic E-state index is 13.7. The lowest BCUT2D eigenvalue weighted by Crippen LogP contribution is -2.36. The summed E-state index contributed by atoms with van der Waals surface area (Å²) in [5.74, 6) is 0. The standard InChI is InChI=1S/C29H39FN2/c1-8-10-26(19-31)28(9-2)25-13-11-24(12-14-25)22(5)20-32(21(3)4)23(6)29(7)17-15-27(30)16-18-29/h8-14,27H,1,3,5-6,15-20,31H2,2,4,7H3/b26-10-,28-9-. The van der Waals surface area contributed by atoms with Gasteiger partial charge in [0.2, 0.25) is 0 Å². The first-order chi connectivity index (χ1) is 15.2. The van der Waals surface area contributed by atoms with Crippen molar-refractivity contribution in [3.8, 4) is 0 Å². The molecule has 0 unspecified atom stereocenters. The molecule has 0 aromatic heterocycles. The maximum absolute atomic E-state index is 13.7. The average Bonchev–Trinajstić information content (AvgIpc) is 2.79. The Morgan fingerprint density at radius 1 is 1.16 bits per heavy atom. The first-order valence-electron chi connectivity index (χ1n) is 11.4. The molecule has 0 spiro atoms. The van der Waals surface area contributed by atoms with Crippen LogP contribution in [0, 0.1) is 5.41 Å². The molecular weight excluding hydrogens is 395 g/mol. The quantitative estimate of drug-likeness (QED) is 0.388. The molecule has 1 aromatic rings. The molecule has 2 N–H and O–H groups in total. The molecular formula is C29H39FN2. The number of halogens is 1. The molecule has 1 fully saturated rings. The summed E-state index contributed by atoms with van der Waals surface area (Å²) in [6.45, 7) is 24.0. The molecule has 32 heavy (non-hydrogen) atoms. The van der Waals surface area contributed by atoms with E-state index in [0.29, 0.717) is 25.9 Å². The second-order valence-electron chi connectivity index (χ2n) is 9.02. The first kappa shape index (κ1) is 25.6. The van der Waals surface area contributed by atoms with Crippen molar-refractivity contribution < 1.29 is 4.39 Å². The van der Waals surface area contributed by atoms with Crippen LogP contribution in [0.4, 0.5) is 4.39 Å². The minimum atomic E-state index is -0.689. The van der Waals surface area contributed by atoms with Crippen molar-refractivity contribution in [3.05, 3.63) is 96.9 Å². The monoisotopic (exact) mass is 434 g/mol. The fraction of sp³-hybridized carbons (Fsp3) is 0.379. The topological polar surface area (TPSA) is 29.3 Å². The van der Waals surface area contributed by atoms with Crippen LogP contribution in [0.25, 0.3) is 11.1 Å². The van der Waals surface area contributed by atoms with Gasteiger partial charge in [-0.2, -0.15) is 0 Å². The second kappa shape index (κ2) is 11.3. The number of alkyl halides is 1. The maximum Gasteiger partial charge on any atom is 0.100 e. The van der Waals surface area contributed by atoms with Crippen molar-refractivity contribution >= 4 is 11.1 Å². The number of allylic oxidation sites excluding steroid dienone is 5. The summed E-state index contributed by atoms with van der Waals surface area (Å²) in [7, 11) is 0. The van der Waals surface area contributed by atoms with Crippen LogP contribution in [0.5, 0.6) is 0 Å². The minimum absolute atomic E-state index is 0.109. The van der Waals surface area contributed by atoms with Crippen molar-refractivity contribution in [2.45, 2.75) is 52.6 Å². The van der Waals surface area contributed by atoms with E-state index in [1.807, 2.05) is 19.9 Å². The third-order valence-electron chi connectivity index (χ3n) is 6.63. The molecule has 0 aliphatic heterocycles. The van der Waals surface area contributed by atoms with Crippen molar-refractivity contribution in [3.63, 3.8) is 0 Å². The van der Waals surface area contributed by atoms with Crippen LogP contribution in [0.1, 0.15) is 57.6 Å². The molecule has 0 amide bonds. The zero-order valence-electron chi connectivity index (χ0n) is 20.1. The van der Waals surface area contributed by atoms with Gasteiger partial charge in [-0.1, -0.05) is 75.7 Å². The smallest absolute Gasteiger partial charge is 0.100 e. The van der Waals surface area contributed by atoms with Gasteiger partial charge in [-0.25, -0.2) is 4.39 Å². The molecule has 0 bridgehead atoms. The predicted molar refractivity (Wildman–Crippen MR) is 139 cm³/mol. The summed E-state index contributed by atoms with van der Waals surface area (Å²) in [5.41, 5.74) is 13.1. The molecule has 1 aliphatic rings. The van der Waals surface area contributed by atoms with Gasteiger partial charge in [0.05, 0.1) is 0 Å². The third-order valence-corrected chi connectivity index (χ3v) is 6.63. The van der Waals surface area contributed by atoms with E-state index < -0.39 is 6.17 Å². The van der Waals surface area contributed by atoms with Crippen molar-refractivity contribution in [2.24, 2.45) is 11.1 Å². The zero-order chi connectivity index (χ0) is 23.9. The number of hydrogen-bond donors (Lipinski definition) is 1. The van der Waals surface area contributed by atoms with Crippen LogP contribution < -0.4 is 5.73 Å². The Labute approximate surface area is 194 Å². The van der Waals surface area contributed by atoms with Crippen molar-refractivity contribution in [2.75, 3.05) is 13.1 Å². The minimum Gasteiger partial charge on any atom is -0.345 e. The van der Waals surface area contributed by atoms with E-state index in [1.54, 1.807) is 6.08 Å².